The maximum absolute atomic E-state index is 10.6. The van der Waals surface area contributed by atoms with Crippen LogP contribution >= 0.6 is 31.9 Å². The minimum atomic E-state index is -0.812. The summed E-state index contributed by atoms with van der Waals surface area (Å²) in [6.07, 6.45) is 0.0740. The van der Waals surface area contributed by atoms with Gasteiger partial charge in [-0.2, -0.15) is 0 Å². The first-order valence-corrected chi connectivity index (χ1v) is 5.97. The zero-order chi connectivity index (χ0) is 11.4. The summed E-state index contributed by atoms with van der Waals surface area (Å²) >= 11 is 6.76. The van der Waals surface area contributed by atoms with Crippen LogP contribution in [0.25, 0.3) is 0 Å². The number of halogens is 2. The second-order valence-electron chi connectivity index (χ2n) is 3.11. The highest BCUT2D eigenvalue weighted by Gasteiger charge is 2.13. The molecule has 5 heteroatoms. The molecule has 0 saturated heterocycles. The third-order valence-corrected chi connectivity index (χ3v) is 3.95. The van der Waals surface area contributed by atoms with Crippen molar-refractivity contribution in [3.8, 4) is 0 Å². The molecule has 0 aliphatic carbocycles. The summed E-state index contributed by atoms with van der Waals surface area (Å²) in [6.45, 7) is 0. The molecule has 15 heavy (non-hydrogen) atoms. The molecule has 1 atom stereocenters. The molecule has 0 saturated carbocycles. The van der Waals surface area contributed by atoms with Crippen molar-refractivity contribution >= 4 is 37.8 Å². The molecule has 0 fully saturated rings. The molecule has 3 nitrogen and oxygen atoms in total. The molecule has 0 aliphatic heterocycles. The fraction of sp³-hybridized carbons (Fsp3) is 0.300. The molecule has 2 N–H and O–H groups in total. The summed E-state index contributed by atoms with van der Waals surface area (Å²) in [4.78, 5) is 10.6. The highest BCUT2D eigenvalue weighted by molar-refractivity contribution is 9.13. The van der Waals surface area contributed by atoms with Crippen LogP contribution in [0.5, 0.6) is 0 Å². The van der Waals surface area contributed by atoms with Crippen LogP contribution in [0.1, 0.15) is 18.0 Å². The molecule has 1 aromatic rings. The smallest absolute Gasteiger partial charge is 0.305 e. The molecule has 0 aliphatic rings. The van der Waals surface area contributed by atoms with E-state index in [0.29, 0.717) is 0 Å². The van der Waals surface area contributed by atoms with Crippen molar-refractivity contribution in [1.29, 1.82) is 0 Å². The number of carbonyl (C=O) groups is 1. The summed E-state index contributed by atoms with van der Waals surface area (Å²) in [7, 11) is 1.75. The van der Waals surface area contributed by atoms with Gasteiger partial charge in [-0.1, -0.05) is 6.07 Å². The van der Waals surface area contributed by atoms with Crippen molar-refractivity contribution in [2.24, 2.45) is 0 Å². The van der Waals surface area contributed by atoms with Crippen LogP contribution in [-0.2, 0) is 4.79 Å². The highest BCUT2D eigenvalue weighted by atomic mass is 79.9. The van der Waals surface area contributed by atoms with Crippen LogP contribution in [0.15, 0.2) is 27.1 Å². The van der Waals surface area contributed by atoms with E-state index in [2.05, 4.69) is 37.2 Å². The lowest BCUT2D eigenvalue weighted by atomic mass is 10.0. The SMILES string of the molecule is CNC(CC(=O)O)c1ccc(Br)c(Br)c1. The van der Waals surface area contributed by atoms with Gasteiger partial charge in [-0.15, -0.1) is 0 Å². The lowest BCUT2D eigenvalue weighted by Gasteiger charge is -2.14. The van der Waals surface area contributed by atoms with E-state index in [9.17, 15) is 4.79 Å². The van der Waals surface area contributed by atoms with E-state index in [0.717, 1.165) is 14.5 Å². The largest absolute Gasteiger partial charge is 0.481 e. The van der Waals surface area contributed by atoms with E-state index in [1.807, 2.05) is 18.2 Å². The minimum Gasteiger partial charge on any atom is -0.481 e. The summed E-state index contributed by atoms with van der Waals surface area (Å²) in [5, 5.41) is 11.7. The average molecular weight is 337 g/mol. The monoisotopic (exact) mass is 335 g/mol. The third kappa shape index (κ3) is 3.59. The van der Waals surface area contributed by atoms with E-state index < -0.39 is 5.97 Å². The quantitative estimate of drug-likeness (QED) is 0.888. The zero-order valence-electron chi connectivity index (χ0n) is 8.13. The van der Waals surface area contributed by atoms with Crippen molar-refractivity contribution in [1.82, 2.24) is 5.32 Å². The Bertz CT molecular complexity index is 368. The van der Waals surface area contributed by atoms with E-state index in [-0.39, 0.29) is 12.5 Å². The Morgan fingerprint density at radius 2 is 2.13 bits per heavy atom. The van der Waals surface area contributed by atoms with Crippen LogP contribution in [-0.4, -0.2) is 18.1 Å². The number of nitrogens with one attached hydrogen (secondary N) is 1. The van der Waals surface area contributed by atoms with Crippen molar-refractivity contribution in [3.05, 3.63) is 32.7 Å². The first-order chi connectivity index (χ1) is 7.04. The van der Waals surface area contributed by atoms with Crippen LogP contribution < -0.4 is 5.32 Å². The van der Waals surface area contributed by atoms with Gasteiger partial charge in [0.2, 0.25) is 0 Å². The van der Waals surface area contributed by atoms with Gasteiger partial charge in [-0.25, -0.2) is 0 Å². The van der Waals surface area contributed by atoms with Gasteiger partial charge in [0.1, 0.15) is 0 Å². The van der Waals surface area contributed by atoms with Gasteiger partial charge in [0, 0.05) is 15.0 Å². The summed E-state index contributed by atoms with van der Waals surface area (Å²) in [5.41, 5.74) is 0.954. The summed E-state index contributed by atoms with van der Waals surface area (Å²) < 4.78 is 1.88. The van der Waals surface area contributed by atoms with Gasteiger partial charge in [0.25, 0.3) is 0 Å². The summed E-state index contributed by atoms with van der Waals surface area (Å²) in [5.74, 6) is -0.812. The Hall–Kier alpha value is -0.390. The number of hydrogen-bond donors (Lipinski definition) is 2. The average Bonchev–Trinajstić information content (AvgIpc) is 2.18. The number of carboxylic acids is 1. The maximum Gasteiger partial charge on any atom is 0.305 e. The van der Waals surface area contributed by atoms with Crippen LogP contribution in [0.4, 0.5) is 0 Å². The fourth-order valence-corrected chi connectivity index (χ4v) is 1.93. The standard InChI is InChI=1S/C10H11Br2NO2/c1-13-9(5-10(14)15)6-2-3-7(11)8(12)4-6/h2-4,9,13H,5H2,1H3,(H,14,15). The lowest BCUT2D eigenvalue weighted by molar-refractivity contribution is -0.137. The Labute approximate surface area is 105 Å². The van der Waals surface area contributed by atoms with Crippen LogP contribution in [0.3, 0.4) is 0 Å². The molecule has 0 amide bonds. The van der Waals surface area contributed by atoms with Crippen molar-refractivity contribution in [3.63, 3.8) is 0 Å². The molecule has 0 radical (unpaired) electrons. The van der Waals surface area contributed by atoms with E-state index >= 15 is 0 Å². The van der Waals surface area contributed by atoms with E-state index in [1.54, 1.807) is 7.05 Å². The van der Waals surface area contributed by atoms with Crippen molar-refractivity contribution in [2.45, 2.75) is 12.5 Å². The third-order valence-electron chi connectivity index (χ3n) is 2.07. The van der Waals surface area contributed by atoms with Crippen LogP contribution in [0, 0.1) is 0 Å². The first kappa shape index (κ1) is 12.7. The van der Waals surface area contributed by atoms with Crippen LogP contribution in [0.2, 0.25) is 0 Å². The Morgan fingerprint density at radius 3 is 2.60 bits per heavy atom. The molecular formula is C10H11Br2NO2. The number of aliphatic carboxylic acids is 1. The lowest BCUT2D eigenvalue weighted by Crippen LogP contribution is -2.19. The fourth-order valence-electron chi connectivity index (χ4n) is 1.29. The van der Waals surface area contributed by atoms with Crippen molar-refractivity contribution in [2.75, 3.05) is 7.05 Å². The maximum atomic E-state index is 10.6. The molecule has 1 rings (SSSR count). The number of carboxylic acid groups (broad SMARTS) is 1. The second-order valence-corrected chi connectivity index (χ2v) is 4.82. The normalized spacial score (nSPS) is 12.5. The predicted octanol–water partition coefficient (Wildman–Crippen LogP) is 2.95. The highest BCUT2D eigenvalue weighted by Crippen LogP contribution is 2.27. The van der Waals surface area contributed by atoms with Gasteiger partial charge in [0.05, 0.1) is 6.42 Å². The Morgan fingerprint density at radius 1 is 1.47 bits per heavy atom. The molecular weight excluding hydrogens is 326 g/mol. The Balaban J connectivity index is 2.92. The molecule has 1 unspecified atom stereocenters. The molecule has 82 valence electrons. The molecule has 0 aromatic heterocycles. The van der Waals surface area contributed by atoms with Crippen molar-refractivity contribution < 1.29 is 9.90 Å². The van der Waals surface area contributed by atoms with E-state index in [1.165, 1.54) is 0 Å². The topological polar surface area (TPSA) is 49.3 Å². The van der Waals surface area contributed by atoms with Gasteiger partial charge in [0.15, 0.2) is 0 Å². The van der Waals surface area contributed by atoms with Gasteiger partial charge in [-0.05, 0) is 56.6 Å². The molecule has 0 spiro atoms. The molecule has 0 heterocycles. The van der Waals surface area contributed by atoms with E-state index in [4.69, 9.17) is 5.11 Å². The Kier molecular flexibility index (Phi) is 4.76. The predicted molar refractivity (Wildman–Crippen MR) is 65.9 cm³/mol. The van der Waals surface area contributed by atoms with Gasteiger partial charge in [-0.3, -0.25) is 4.79 Å². The second kappa shape index (κ2) is 5.63. The number of benzene rings is 1. The molecule has 1 aromatic carbocycles. The summed E-state index contributed by atoms with van der Waals surface area (Å²) in [6, 6.07) is 5.55. The van der Waals surface area contributed by atoms with Gasteiger partial charge < -0.3 is 10.4 Å². The van der Waals surface area contributed by atoms with Gasteiger partial charge >= 0.3 is 5.97 Å². The number of hydrogen-bond acceptors (Lipinski definition) is 2. The minimum absolute atomic E-state index is 0.0740. The molecule has 0 bridgehead atoms. The zero-order valence-corrected chi connectivity index (χ0v) is 11.3. The number of rotatable bonds is 4. The first-order valence-electron chi connectivity index (χ1n) is 4.38.